The number of benzene rings is 1. The Morgan fingerprint density at radius 1 is 1.37 bits per heavy atom. The van der Waals surface area contributed by atoms with E-state index in [1.165, 1.54) is 0 Å². The molecular formula is C15H16N2O2. The van der Waals surface area contributed by atoms with Crippen molar-refractivity contribution in [2.45, 2.75) is 26.3 Å². The third-order valence-electron chi connectivity index (χ3n) is 3.48. The number of H-pyrrole nitrogens is 1. The van der Waals surface area contributed by atoms with Crippen LogP contribution in [0, 0.1) is 12.8 Å². The highest BCUT2D eigenvalue weighted by Crippen LogP contribution is 2.28. The first-order chi connectivity index (χ1) is 9.13. The van der Waals surface area contributed by atoms with E-state index in [2.05, 4.69) is 10.3 Å². The summed E-state index contributed by atoms with van der Waals surface area (Å²) in [6.45, 7) is 2.29. The van der Waals surface area contributed by atoms with E-state index in [0.29, 0.717) is 12.1 Å². The number of aryl methyl sites for hydroxylation is 1. The molecule has 1 aliphatic carbocycles. The lowest BCUT2D eigenvalue weighted by Gasteiger charge is -2.06. The van der Waals surface area contributed by atoms with Crippen LogP contribution in [-0.4, -0.2) is 10.9 Å². The number of amides is 1. The normalized spacial score (nSPS) is 14.6. The van der Waals surface area contributed by atoms with Gasteiger partial charge in [0.05, 0.1) is 0 Å². The zero-order valence-electron chi connectivity index (χ0n) is 10.8. The van der Waals surface area contributed by atoms with Crippen LogP contribution in [0.25, 0.3) is 10.9 Å². The van der Waals surface area contributed by atoms with Gasteiger partial charge < -0.3 is 10.3 Å². The largest absolute Gasteiger partial charge is 0.352 e. The first kappa shape index (κ1) is 12.0. The van der Waals surface area contributed by atoms with Crippen molar-refractivity contribution in [1.82, 2.24) is 10.3 Å². The number of hydrogen-bond acceptors (Lipinski definition) is 2. The van der Waals surface area contributed by atoms with Gasteiger partial charge >= 0.3 is 0 Å². The second-order valence-corrected chi connectivity index (χ2v) is 5.21. The van der Waals surface area contributed by atoms with Crippen LogP contribution in [0.5, 0.6) is 0 Å². The lowest BCUT2D eigenvalue weighted by Crippen LogP contribution is -2.27. The Kier molecular flexibility index (Phi) is 2.85. The predicted octanol–water partition coefficient (Wildman–Crippen LogP) is 1.86. The minimum absolute atomic E-state index is 0.0587. The van der Waals surface area contributed by atoms with Crippen molar-refractivity contribution in [3.8, 4) is 0 Å². The molecule has 98 valence electrons. The first-order valence-corrected chi connectivity index (χ1v) is 6.54. The van der Waals surface area contributed by atoms with Crippen LogP contribution < -0.4 is 10.9 Å². The topological polar surface area (TPSA) is 62.0 Å². The van der Waals surface area contributed by atoms with Crippen molar-refractivity contribution in [3.63, 3.8) is 0 Å². The predicted molar refractivity (Wildman–Crippen MR) is 73.9 cm³/mol. The van der Waals surface area contributed by atoms with Gasteiger partial charge in [0.15, 0.2) is 0 Å². The molecule has 3 rings (SSSR count). The molecule has 0 spiro atoms. The maximum atomic E-state index is 11.9. The average Bonchev–Trinajstić information content (AvgIpc) is 3.20. The van der Waals surface area contributed by atoms with E-state index in [0.717, 1.165) is 29.3 Å². The number of nitrogens with one attached hydrogen (secondary N) is 2. The molecule has 0 unspecified atom stereocenters. The lowest BCUT2D eigenvalue weighted by molar-refractivity contribution is -0.122. The maximum absolute atomic E-state index is 11.9. The summed E-state index contributed by atoms with van der Waals surface area (Å²) in [7, 11) is 0. The number of hydrogen-bond donors (Lipinski definition) is 2. The number of pyridine rings is 1. The van der Waals surface area contributed by atoms with Gasteiger partial charge in [0.25, 0.3) is 5.56 Å². The minimum atomic E-state index is -0.130. The number of aromatic nitrogens is 1. The van der Waals surface area contributed by atoms with E-state index in [1.807, 2.05) is 31.2 Å². The number of fused-ring (bicyclic) bond motifs is 1. The summed E-state index contributed by atoms with van der Waals surface area (Å²) in [5.74, 6) is 0.227. The number of carbonyl (C=O) groups excluding carboxylic acids is 1. The fourth-order valence-corrected chi connectivity index (χ4v) is 2.16. The van der Waals surface area contributed by atoms with Crippen LogP contribution in [0.2, 0.25) is 0 Å². The summed E-state index contributed by atoms with van der Waals surface area (Å²) in [5.41, 5.74) is 2.42. The highest BCUT2D eigenvalue weighted by molar-refractivity contribution is 5.81. The monoisotopic (exact) mass is 256 g/mol. The fourth-order valence-electron chi connectivity index (χ4n) is 2.16. The van der Waals surface area contributed by atoms with E-state index in [4.69, 9.17) is 0 Å². The summed E-state index contributed by atoms with van der Waals surface area (Å²) in [6.07, 6.45) is 1.94. The highest BCUT2D eigenvalue weighted by Gasteiger charge is 2.29. The number of aromatic amines is 1. The first-order valence-electron chi connectivity index (χ1n) is 6.54. The van der Waals surface area contributed by atoms with Crippen LogP contribution in [0.1, 0.15) is 24.0 Å². The Balaban J connectivity index is 1.86. The molecule has 0 bridgehead atoms. The molecule has 2 N–H and O–H groups in total. The summed E-state index contributed by atoms with van der Waals surface area (Å²) < 4.78 is 0. The number of carbonyl (C=O) groups is 1. The summed E-state index contributed by atoms with van der Waals surface area (Å²) >= 11 is 0. The van der Waals surface area contributed by atoms with Gasteiger partial charge in [-0.25, -0.2) is 0 Å². The van der Waals surface area contributed by atoms with Crippen molar-refractivity contribution in [3.05, 3.63) is 45.7 Å². The summed E-state index contributed by atoms with van der Waals surface area (Å²) in [4.78, 5) is 26.4. The van der Waals surface area contributed by atoms with E-state index in [9.17, 15) is 9.59 Å². The smallest absolute Gasteiger partial charge is 0.253 e. The van der Waals surface area contributed by atoms with Gasteiger partial charge in [-0.3, -0.25) is 9.59 Å². The van der Waals surface area contributed by atoms with Gasteiger partial charge in [-0.05, 0) is 42.8 Å². The van der Waals surface area contributed by atoms with Crippen LogP contribution in [0.4, 0.5) is 0 Å². The molecule has 1 amide bonds. The molecule has 1 aromatic heterocycles. The van der Waals surface area contributed by atoms with Gasteiger partial charge in [0.2, 0.25) is 5.91 Å². The number of rotatable bonds is 3. The van der Waals surface area contributed by atoms with Crippen molar-refractivity contribution in [1.29, 1.82) is 0 Å². The van der Waals surface area contributed by atoms with Crippen LogP contribution >= 0.6 is 0 Å². The van der Waals surface area contributed by atoms with Crippen LogP contribution in [0.15, 0.2) is 29.1 Å². The third kappa shape index (κ3) is 2.52. The second kappa shape index (κ2) is 4.53. The van der Waals surface area contributed by atoms with Crippen molar-refractivity contribution >= 4 is 16.8 Å². The summed E-state index contributed by atoms with van der Waals surface area (Å²) in [6, 6.07) is 7.78. The maximum Gasteiger partial charge on any atom is 0.253 e. The van der Waals surface area contributed by atoms with Gasteiger partial charge in [-0.15, -0.1) is 0 Å². The molecule has 1 fully saturated rings. The SMILES string of the molecule is Cc1ccc2cc(CNC(=O)C3CC3)c(=O)[nH]c2c1. The van der Waals surface area contributed by atoms with E-state index in [-0.39, 0.29) is 17.4 Å². The molecule has 1 aromatic carbocycles. The van der Waals surface area contributed by atoms with Crippen LogP contribution in [-0.2, 0) is 11.3 Å². The van der Waals surface area contributed by atoms with Gasteiger partial charge in [-0.1, -0.05) is 12.1 Å². The third-order valence-corrected chi connectivity index (χ3v) is 3.48. The van der Waals surface area contributed by atoms with E-state index in [1.54, 1.807) is 0 Å². The van der Waals surface area contributed by atoms with Gasteiger partial charge in [0, 0.05) is 23.5 Å². The van der Waals surface area contributed by atoms with E-state index >= 15 is 0 Å². The molecule has 0 radical (unpaired) electrons. The van der Waals surface area contributed by atoms with Gasteiger partial charge in [0.1, 0.15) is 0 Å². The molecule has 4 nitrogen and oxygen atoms in total. The molecule has 0 aliphatic heterocycles. The Morgan fingerprint density at radius 3 is 2.89 bits per heavy atom. The zero-order chi connectivity index (χ0) is 13.4. The summed E-state index contributed by atoms with van der Waals surface area (Å²) in [5, 5.41) is 3.81. The van der Waals surface area contributed by atoms with Crippen molar-refractivity contribution in [2.75, 3.05) is 0 Å². The Labute approximate surface area is 110 Å². The molecule has 2 aromatic rings. The molecule has 0 atom stereocenters. The quantitative estimate of drug-likeness (QED) is 0.880. The average molecular weight is 256 g/mol. The Bertz CT molecular complexity index is 699. The molecule has 1 saturated carbocycles. The molecule has 1 aliphatic rings. The lowest BCUT2D eigenvalue weighted by atomic mass is 10.1. The van der Waals surface area contributed by atoms with Crippen LogP contribution in [0.3, 0.4) is 0 Å². The standard InChI is InChI=1S/C15H16N2O2/c1-9-2-3-11-7-12(15(19)17-13(11)6-9)8-16-14(18)10-4-5-10/h2-3,6-7,10H,4-5,8H2,1H3,(H,16,18)(H,17,19). The van der Waals surface area contributed by atoms with Crippen molar-refractivity contribution in [2.24, 2.45) is 5.92 Å². The molecular weight excluding hydrogens is 240 g/mol. The van der Waals surface area contributed by atoms with Gasteiger partial charge in [-0.2, -0.15) is 0 Å². The second-order valence-electron chi connectivity index (χ2n) is 5.21. The molecule has 19 heavy (non-hydrogen) atoms. The molecule has 4 heteroatoms. The molecule has 0 saturated heterocycles. The Morgan fingerprint density at radius 2 is 2.16 bits per heavy atom. The van der Waals surface area contributed by atoms with Crippen molar-refractivity contribution < 1.29 is 4.79 Å². The highest BCUT2D eigenvalue weighted by atomic mass is 16.2. The molecule has 1 heterocycles. The minimum Gasteiger partial charge on any atom is -0.352 e. The Hall–Kier alpha value is -2.10. The fraction of sp³-hybridized carbons (Fsp3) is 0.333. The zero-order valence-corrected chi connectivity index (χ0v) is 10.8. The van der Waals surface area contributed by atoms with E-state index < -0.39 is 0 Å².